The first kappa shape index (κ1) is 12.9. The van der Waals surface area contributed by atoms with E-state index in [9.17, 15) is 14.9 Å². The second-order valence-corrected chi connectivity index (χ2v) is 4.33. The van der Waals surface area contributed by atoms with Crippen LogP contribution in [-0.2, 0) is 0 Å². The molecule has 1 aliphatic carbocycles. The zero-order chi connectivity index (χ0) is 14.0. The highest BCUT2D eigenvalue weighted by Crippen LogP contribution is 2.34. The molecular formula is C13H12N2O4. The Bertz CT molecular complexity index is 604. The maximum atomic E-state index is 11.2. The Hall–Kier alpha value is -2.50. The van der Waals surface area contributed by atoms with Crippen LogP contribution in [0.3, 0.4) is 0 Å². The van der Waals surface area contributed by atoms with Gasteiger partial charge in [-0.3, -0.25) is 15.1 Å². The normalized spacial score (nSPS) is 18.5. The number of carboxylic acid groups (broad SMARTS) is 1. The highest BCUT2D eigenvalue weighted by molar-refractivity contribution is 5.89. The maximum absolute atomic E-state index is 11.2. The lowest BCUT2D eigenvalue weighted by Crippen LogP contribution is -2.12. The van der Waals surface area contributed by atoms with Gasteiger partial charge in [0.05, 0.1) is 10.5 Å². The molecule has 6 nitrogen and oxygen atoms in total. The number of aromatic nitrogens is 1. The van der Waals surface area contributed by atoms with Crippen LogP contribution in [0.4, 0.5) is 0 Å². The van der Waals surface area contributed by atoms with Crippen LogP contribution >= 0.6 is 0 Å². The summed E-state index contributed by atoms with van der Waals surface area (Å²) in [6.07, 6.45) is 6.26. The molecule has 1 aromatic heterocycles. The molecule has 1 aromatic rings. The zero-order valence-corrected chi connectivity index (χ0v) is 10.2. The third-order valence-electron chi connectivity index (χ3n) is 3.16. The van der Waals surface area contributed by atoms with Crippen LogP contribution in [0.25, 0.3) is 0 Å². The molecule has 1 aliphatic rings. The van der Waals surface area contributed by atoms with Gasteiger partial charge >= 0.3 is 5.97 Å². The van der Waals surface area contributed by atoms with Crippen LogP contribution in [0.15, 0.2) is 41.9 Å². The average Bonchev–Trinajstić information content (AvgIpc) is 2.38. The Morgan fingerprint density at radius 1 is 1.58 bits per heavy atom. The summed E-state index contributed by atoms with van der Waals surface area (Å²) >= 11 is 0. The van der Waals surface area contributed by atoms with Crippen molar-refractivity contribution in [1.82, 2.24) is 4.98 Å². The Balaban J connectivity index is 2.39. The van der Waals surface area contributed by atoms with E-state index in [-0.39, 0.29) is 17.2 Å². The predicted octanol–water partition coefficient (Wildman–Crippen LogP) is 2.37. The third kappa shape index (κ3) is 2.52. The standard InChI is InChI=1S/C13H12N2O4/c1-8-6-9(15(18)19)2-3-10(8)11-4-5-14-7-12(11)13(16)17/h2,4-7,10H,3H2,1H3,(H,16,17). The number of aromatic carboxylic acids is 1. The van der Waals surface area contributed by atoms with Gasteiger partial charge in [0.25, 0.3) is 5.70 Å². The van der Waals surface area contributed by atoms with Crippen LogP contribution < -0.4 is 0 Å². The fraction of sp³-hybridized carbons (Fsp3) is 0.231. The second-order valence-electron chi connectivity index (χ2n) is 4.33. The van der Waals surface area contributed by atoms with Gasteiger partial charge in [0, 0.05) is 24.4 Å². The number of carbonyl (C=O) groups is 1. The van der Waals surface area contributed by atoms with Gasteiger partial charge in [-0.2, -0.15) is 0 Å². The first-order valence-corrected chi connectivity index (χ1v) is 5.70. The van der Waals surface area contributed by atoms with Gasteiger partial charge in [-0.25, -0.2) is 4.79 Å². The van der Waals surface area contributed by atoms with E-state index < -0.39 is 10.9 Å². The van der Waals surface area contributed by atoms with Gasteiger partial charge in [0.2, 0.25) is 0 Å². The van der Waals surface area contributed by atoms with Crippen molar-refractivity contribution in [1.29, 1.82) is 0 Å². The van der Waals surface area contributed by atoms with Gasteiger partial charge in [0.15, 0.2) is 0 Å². The van der Waals surface area contributed by atoms with Crippen LogP contribution in [0.1, 0.15) is 35.2 Å². The number of pyridine rings is 1. The van der Waals surface area contributed by atoms with E-state index in [4.69, 9.17) is 5.11 Å². The van der Waals surface area contributed by atoms with E-state index in [1.807, 2.05) is 0 Å². The summed E-state index contributed by atoms with van der Waals surface area (Å²) in [5.74, 6) is -1.20. The molecule has 0 saturated heterocycles. The summed E-state index contributed by atoms with van der Waals surface area (Å²) in [4.78, 5) is 25.2. The van der Waals surface area contributed by atoms with Crippen LogP contribution in [0, 0.1) is 10.1 Å². The molecule has 6 heteroatoms. The van der Waals surface area contributed by atoms with Crippen molar-refractivity contribution >= 4 is 5.97 Å². The molecule has 0 bridgehead atoms. The minimum Gasteiger partial charge on any atom is -0.478 e. The molecule has 19 heavy (non-hydrogen) atoms. The highest BCUT2D eigenvalue weighted by atomic mass is 16.6. The van der Waals surface area contributed by atoms with E-state index in [1.54, 1.807) is 13.0 Å². The Kier molecular flexibility index (Phi) is 3.41. The van der Waals surface area contributed by atoms with Crippen molar-refractivity contribution in [2.75, 3.05) is 0 Å². The Morgan fingerprint density at radius 2 is 2.32 bits per heavy atom. The topological polar surface area (TPSA) is 93.3 Å². The summed E-state index contributed by atoms with van der Waals surface area (Å²) in [7, 11) is 0. The molecule has 1 atom stereocenters. The van der Waals surface area contributed by atoms with Crippen molar-refractivity contribution in [3.8, 4) is 0 Å². The molecule has 1 heterocycles. The zero-order valence-electron chi connectivity index (χ0n) is 10.2. The molecule has 1 unspecified atom stereocenters. The summed E-state index contributed by atoms with van der Waals surface area (Å²) in [5, 5.41) is 19.8. The maximum Gasteiger partial charge on any atom is 0.337 e. The third-order valence-corrected chi connectivity index (χ3v) is 3.16. The number of nitro groups is 1. The first-order valence-electron chi connectivity index (χ1n) is 5.70. The van der Waals surface area contributed by atoms with Crippen molar-refractivity contribution in [2.24, 2.45) is 0 Å². The van der Waals surface area contributed by atoms with Crippen molar-refractivity contribution in [2.45, 2.75) is 19.3 Å². The summed E-state index contributed by atoms with van der Waals surface area (Å²) in [5.41, 5.74) is 1.61. The minimum absolute atomic E-state index is 0.0553. The van der Waals surface area contributed by atoms with Crippen LogP contribution in [0.5, 0.6) is 0 Å². The van der Waals surface area contributed by atoms with Gasteiger partial charge in [-0.15, -0.1) is 0 Å². The molecule has 0 saturated carbocycles. The van der Waals surface area contributed by atoms with Gasteiger partial charge in [-0.1, -0.05) is 5.57 Å². The number of nitrogens with zero attached hydrogens (tertiary/aromatic N) is 2. The largest absolute Gasteiger partial charge is 0.478 e. The Labute approximate surface area is 109 Å². The van der Waals surface area contributed by atoms with E-state index in [2.05, 4.69) is 4.98 Å². The van der Waals surface area contributed by atoms with Crippen LogP contribution in [0.2, 0.25) is 0 Å². The molecule has 98 valence electrons. The van der Waals surface area contributed by atoms with Gasteiger partial charge < -0.3 is 5.11 Å². The Morgan fingerprint density at radius 3 is 2.89 bits per heavy atom. The summed E-state index contributed by atoms with van der Waals surface area (Å²) in [6.45, 7) is 1.77. The highest BCUT2D eigenvalue weighted by Gasteiger charge is 2.25. The number of allylic oxidation sites excluding steroid dienone is 3. The number of rotatable bonds is 3. The van der Waals surface area contributed by atoms with E-state index in [1.165, 1.54) is 24.5 Å². The summed E-state index contributed by atoms with van der Waals surface area (Å²) < 4.78 is 0. The second kappa shape index (κ2) is 5.01. The van der Waals surface area contributed by atoms with E-state index in [0.717, 1.165) is 5.57 Å². The first-order chi connectivity index (χ1) is 9.00. The summed E-state index contributed by atoms with van der Waals surface area (Å²) in [6, 6.07) is 1.65. The number of hydrogen-bond donors (Lipinski definition) is 1. The van der Waals surface area contributed by atoms with Gasteiger partial charge in [0.1, 0.15) is 0 Å². The lowest BCUT2D eigenvalue weighted by molar-refractivity contribution is -0.419. The monoisotopic (exact) mass is 260 g/mol. The number of carboxylic acids is 1. The lowest BCUT2D eigenvalue weighted by Gasteiger charge is -2.20. The van der Waals surface area contributed by atoms with Crippen LogP contribution in [-0.4, -0.2) is 21.0 Å². The smallest absolute Gasteiger partial charge is 0.337 e. The predicted molar refractivity (Wildman–Crippen MR) is 67.4 cm³/mol. The van der Waals surface area contributed by atoms with E-state index in [0.29, 0.717) is 12.0 Å². The molecule has 0 spiro atoms. The molecule has 2 rings (SSSR count). The van der Waals surface area contributed by atoms with Crippen molar-refractivity contribution < 1.29 is 14.8 Å². The molecule has 0 aromatic carbocycles. The fourth-order valence-electron chi connectivity index (χ4n) is 2.20. The molecule has 0 amide bonds. The van der Waals surface area contributed by atoms with Gasteiger partial charge in [-0.05, 0) is 31.1 Å². The molecule has 0 aliphatic heterocycles. The van der Waals surface area contributed by atoms with E-state index >= 15 is 0 Å². The molecule has 0 radical (unpaired) electrons. The fourth-order valence-corrected chi connectivity index (χ4v) is 2.20. The SMILES string of the molecule is CC1=CC([N+](=O)[O-])=CCC1c1ccncc1C(=O)O. The lowest BCUT2D eigenvalue weighted by atomic mass is 9.84. The molecular weight excluding hydrogens is 248 g/mol. The van der Waals surface area contributed by atoms with Crippen molar-refractivity contribution in [3.05, 3.63) is 63.1 Å². The molecule has 1 N–H and O–H groups in total. The van der Waals surface area contributed by atoms with Crippen molar-refractivity contribution in [3.63, 3.8) is 0 Å². The quantitative estimate of drug-likeness (QED) is 0.665. The average molecular weight is 260 g/mol. The number of hydrogen-bond acceptors (Lipinski definition) is 4. The minimum atomic E-state index is -1.04. The molecule has 0 fully saturated rings.